The molecule has 3 rings (SSSR count). The molecule has 22 heavy (non-hydrogen) atoms. The Balaban J connectivity index is 1.98. The van der Waals surface area contributed by atoms with Gasteiger partial charge in [-0.1, -0.05) is 0 Å². The van der Waals surface area contributed by atoms with Crippen molar-refractivity contribution < 1.29 is 13.2 Å². The Labute approximate surface area is 124 Å². The number of anilines is 2. The first-order valence-electron chi connectivity index (χ1n) is 6.69. The summed E-state index contributed by atoms with van der Waals surface area (Å²) >= 11 is 0. The number of alkyl halides is 3. The van der Waals surface area contributed by atoms with Crippen LogP contribution in [-0.4, -0.2) is 26.5 Å². The maximum absolute atomic E-state index is 12.9. The summed E-state index contributed by atoms with van der Waals surface area (Å²) in [5.74, 6) is 0.228. The van der Waals surface area contributed by atoms with Crippen molar-refractivity contribution >= 4 is 11.8 Å². The van der Waals surface area contributed by atoms with Crippen molar-refractivity contribution in [2.75, 3.05) is 17.2 Å². The van der Waals surface area contributed by atoms with Crippen LogP contribution in [0, 0.1) is 0 Å². The van der Waals surface area contributed by atoms with E-state index >= 15 is 0 Å². The highest BCUT2D eigenvalue weighted by atomic mass is 19.4. The lowest BCUT2D eigenvalue weighted by Gasteiger charge is -2.25. The third kappa shape index (κ3) is 2.78. The van der Waals surface area contributed by atoms with Gasteiger partial charge in [0.2, 0.25) is 5.95 Å². The van der Waals surface area contributed by atoms with Crippen molar-refractivity contribution in [2.45, 2.75) is 25.1 Å². The van der Waals surface area contributed by atoms with Gasteiger partial charge in [0.1, 0.15) is 11.5 Å². The molecule has 0 spiro atoms. The maximum Gasteiger partial charge on any atom is 0.433 e. The number of aromatic nitrogens is 4. The first-order chi connectivity index (χ1) is 10.4. The summed E-state index contributed by atoms with van der Waals surface area (Å²) < 4.78 is 38.6. The van der Waals surface area contributed by atoms with Crippen LogP contribution in [0.4, 0.5) is 24.9 Å². The fourth-order valence-electron chi connectivity index (χ4n) is 2.59. The lowest BCUT2D eigenvalue weighted by Crippen LogP contribution is -2.25. The molecule has 1 saturated heterocycles. The quantitative estimate of drug-likeness (QED) is 0.916. The average molecular weight is 310 g/mol. The van der Waals surface area contributed by atoms with Crippen LogP contribution < -0.4 is 10.6 Å². The Kier molecular flexibility index (Phi) is 3.55. The minimum absolute atomic E-state index is 0.253. The van der Waals surface area contributed by atoms with Gasteiger partial charge in [-0.3, -0.25) is 4.98 Å². The zero-order valence-electron chi connectivity index (χ0n) is 11.5. The summed E-state index contributed by atoms with van der Waals surface area (Å²) in [5.41, 5.74) is 4.67. The van der Waals surface area contributed by atoms with Crippen molar-refractivity contribution in [1.82, 2.24) is 19.9 Å². The molecule has 0 aromatic carbocycles. The molecule has 0 bridgehead atoms. The SMILES string of the molecule is Nc1nc([C@H]2CCCN2c2cnccn2)cc(C(F)(F)F)n1. The van der Waals surface area contributed by atoms with Crippen molar-refractivity contribution in [3.8, 4) is 0 Å². The molecule has 0 saturated carbocycles. The lowest BCUT2D eigenvalue weighted by molar-refractivity contribution is -0.141. The second kappa shape index (κ2) is 5.39. The number of halogens is 3. The number of nitrogen functional groups attached to an aromatic ring is 1. The summed E-state index contributed by atoms with van der Waals surface area (Å²) in [5, 5.41) is 0. The van der Waals surface area contributed by atoms with E-state index < -0.39 is 11.9 Å². The van der Waals surface area contributed by atoms with Crippen LogP contribution in [0.2, 0.25) is 0 Å². The Morgan fingerprint density at radius 1 is 1.23 bits per heavy atom. The third-order valence-corrected chi connectivity index (χ3v) is 3.49. The second-order valence-electron chi connectivity index (χ2n) is 4.95. The van der Waals surface area contributed by atoms with Gasteiger partial charge in [-0.15, -0.1) is 0 Å². The van der Waals surface area contributed by atoms with Crippen molar-refractivity contribution in [3.63, 3.8) is 0 Å². The average Bonchev–Trinajstić information content (AvgIpc) is 2.96. The smallest absolute Gasteiger partial charge is 0.368 e. The standard InChI is InChI=1S/C13H13F3N6/c14-13(15,16)10-6-8(20-12(17)21-10)9-2-1-5-22(9)11-7-18-3-4-19-11/h3-4,6-7,9H,1-2,5H2,(H2,17,20,21)/t9-/m1/s1. The van der Waals surface area contributed by atoms with Crippen LogP contribution in [0.15, 0.2) is 24.7 Å². The molecular formula is C13H13F3N6. The second-order valence-corrected chi connectivity index (χ2v) is 4.95. The maximum atomic E-state index is 12.9. The van der Waals surface area contributed by atoms with Gasteiger partial charge in [-0.05, 0) is 18.9 Å². The summed E-state index contributed by atoms with van der Waals surface area (Å²) in [6.45, 7) is 0.675. The van der Waals surface area contributed by atoms with Crippen LogP contribution >= 0.6 is 0 Å². The molecule has 2 aromatic heterocycles. The van der Waals surface area contributed by atoms with E-state index in [4.69, 9.17) is 5.73 Å². The molecule has 2 N–H and O–H groups in total. The Morgan fingerprint density at radius 2 is 2.05 bits per heavy atom. The molecule has 6 nitrogen and oxygen atoms in total. The van der Waals surface area contributed by atoms with E-state index in [2.05, 4.69) is 19.9 Å². The molecule has 1 aliphatic rings. The van der Waals surface area contributed by atoms with E-state index in [0.29, 0.717) is 18.8 Å². The zero-order valence-corrected chi connectivity index (χ0v) is 11.5. The van der Waals surface area contributed by atoms with Gasteiger partial charge < -0.3 is 10.6 Å². The topological polar surface area (TPSA) is 80.8 Å². The van der Waals surface area contributed by atoms with Gasteiger partial charge in [0.15, 0.2) is 0 Å². The largest absolute Gasteiger partial charge is 0.433 e. The van der Waals surface area contributed by atoms with Crippen molar-refractivity contribution in [2.24, 2.45) is 0 Å². The van der Waals surface area contributed by atoms with Crippen LogP contribution in [0.25, 0.3) is 0 Å². The highest BCUT2D eigenvalue weighted by Gasteiger charge is 2.36. The number of hydrogen-bond donors (Lipinski definition) is 1. The minimum atomic E-state index is -4.55. The van der Waals surface area contributed by atoms with E-state index in [1.165, 1.54) is 0 Å². The molecule has 1 aliphatic heterocycles. The molecule has 1 fully saturated rings. The van der Waals surface area contributed by atoms with E-state index in [1.54, 1.807) is 18.6 Å². The zero-order chi connectivity index (χ0) is 15.7. The molecular weight excluding hydrogens is 297 g/mol. The van der Waals surface area contributed by atoms with Crippen LogP contribution in [0.5, 0.6) is 0 Å². The molecule has 0 radical (unpaired) electrons. The van der Waals surface area contributed by atoms with Crippen molar-refractivity contribution in [3.05, 3.63) is 36.0 Å². The molecule has 9 heteroatoms. The van der Waals surface area contributed by atoms with Crippen LogP contribution in [0.3, 0.4) is 0 Å². The summed E-state index contributed by atoms with van der Waals surface area (Å²) in [4.78, 5) is 17.3. The summed E-state index contributed by atoms with van der Waals surface area (Å²) in [6, 6.07) is 0.638. The molecule has 0 aliphatic carbocycles. The van der Waals surface area contributed by atoms with Gasteiger partial charge in [0.05, 0.1) is 17.9 Å². The predicted octanol–water partition coefficient (Wildman–Crippen LogP) is 2.21. The monoisotopic (exact) mass is 310 g/mol. The Morgan fingerprint density at radius 3 is 2.73 bits per heavy atom. The third-order valence-electron chi connectivity index (χ3n) is 3.49. The fraction of sp³-hybridized carbons (Fsp3) is 0.385. The molecule has 116 valence electrons. The minimum Gasteiger partial charge on any atom is -0.368 e. The normalized spacial score (nSPS) is 18.7. The van der Waals surface area contributed by atoms with Gasteiger partial charge >= 0.3 is 6.18 Å². The van der Waals surface area contributed by atoms with Crippen LogP contribution in [0.1, 0.15) is 30.3 Å². The molecule has 0 amide bonds. The number of rotatable bonds is 2. The number of nitrogens with two attached hydrogens (primary N) is 1. The van der Waals surface area contributed by atoms with E-state index in [9.17, 15) is 13.2 Å². The van der Waals surface area contributed by atoms with E-state index in [1.807, 2.05) is 4.90 Å². The van der Waals surface area contributed by atoms with Gasteiger partial charge in [-0.2, -0.15) is 13.2 Å². The van der Waals surface area contributed by atoms with E-state index in [-0.39, 0.29) is 17.7 Å². The molecule has 0 unspecified atom stereocenters. The van der Waals surface area contributed by atoms with Gasteiger partial charge in [-0.25, -0.2) is 15.0 Å². The first-order valence-corrected chi connectivity index (χ1v) is 6.69. The lowest BCUT2D eigenvalue weighted by atomic mass is 10.1. The molecule has 2 aromatic rings. The Hall–Kier alpha value is -2.45. The summed E-state index contributed by atoms with van der Waals surface area (Å²) in [6.07, 6.45) is 1.60. The highest BCUT2D eigenvalue weighted by Crippen LogP contribution is 2.36. The predicted molar refractivity (Wildman–Crippen MR) is 72.8 cm³/mol. The highest BCUT2D eigenvalue weighted by molar-refractivity contribution is 5.41. The van der Waals surface area contributed by atoms with Crippen molar-refractivity contribution in [1.29, 1.82) is 0 Å². The van der Waals surface area contributed by atoms with E-state index in [0.717, 1.165) is 12.5 Å². The molecule has 1 atom stereocenters. The molecule has 3 heterocycles. The Bertz CT molecular complexity index is 661. The number of hydrogen-bond acceptors (Lipinski definition) is 6. The van der Waals surface area contributed by atoms with Gasteiger partial charge in [0.25, 0.3) is 0 Å². The first kappa shape index (κ1) is 14.5. The van der Waals surface area contributed by atoms with Crippen LogP contribution in [-0.2, 0) is 6.18 Å². The summed E-state index contributed by atoms with van der Waals surface area (Å²) in [7, 11) is 0. The van der Waals surface area contributed by atoms with Gasteiger partial charge in [0, 0.05) is 18.9 Å². The number of nitrogens with zero attached hydrogens (tertiary/aromatic N) is 5. The fourth-order valence-corrected chi connectivity index (χ4v) is 2.59.